The molecule has 5 heteroatoms. The molecule has 0 saturated heterocycles. The third-order valence-electron chi connectivity index (χ3n) is 3.56. The van der Waals surface area contributed by atoms with Crippen LogP contribution in [0.1, 0.15) is 16.1 Å². The van der Waals surface area contributed by atoms with E-state index in [-0.39, 0.29) is 18.3 Å². The fourth-order valence-electron chi connectivity index (χ4n) is 2.39. The van der Waals surface area contributed by atoms with Gasteiger partial charge in [0.2, 0.25) is 0 Å². The summed E-state index contributed by atoms with van der Waals surface area (Å²) in [5.74, 6) is 0.497. The maximum absolute atomic E-state index is 12.3. The van der Waals surface area contributed by atoms with Gasteiger partial charge in [-0.05, 0) is 36.2 Å². The van der Waals surface area contributed by atoms with Gasteiger partial charge in [0.1, 0.15) is 0 Å². The van der Waals surface area contributed by atoms with Crippen molar-refractivity contribution in [2.24, 2.45) is 0 Å². The molecule has 0 fully saturated rings. The largest absolute Gasteiger partial charge is 0.493 e. The molecule has 0 aliphatic carbocycles. The van der Waals surface area contributed by atoms with Crippen molar-refractivity contribution in [2.75, 3.05) is 19.0 Å². The van der Waals surface area contributed by atoms with Gasteiger partial charge < -0.3 is 19.6 Å². The number of benzene rings is 2. The maximum atomic E-state index is 12.3. The Balaban J connectivity index is 1.80. The standard InChI is InChI=1S/C18H17NO4/c1-22-15-4-2-3-13-11-16(23-17(13)15)18(21)19-14-7-5-12(6-8-14)9-10-20/h2-8,11,20H,9-10H2,1H3,(H,19,21). The monoisotopic (exact) mass is 311 g/mol. The molecule has 2 N–H and O–H groups in total. The molecule has 0 aliphatic heterocycles. The van der Waals surface area contributed by atoms with Gasteiger partial charge in [0.15, 0.2) is 17.1 Å². The van der Waals surface area contributed by atoms with Gasteiger partial charge in [-0.2, -0.15) is 0 Å². The average molecular weight is 311 g/mol. The molecule has 0 bridgehead atoms. The molecule has 1 aromatic heterocycles. The second-order valence-corrected chi connectivity index (χ2v) is 5.11. The Morgan fingerprint density at radius 1 is 1.22 bits per heavy atom. The van der Waals surface area contributed by atoms with E-state index < -0.39 is 0 Å². The number of nitrogens with one attached hydrogen (secondary N) is 1. The minimum atomic E-state index is -0.321. The van der Waals surface area contributed by atoms with Crippen LogP contribution in [0.15, 0.2) is 52.9 Å². The normalized spacial score (nSPS) is 10.7. The number of carbonyl (C=O) groups is 1. The minimum absolute atomic E-state index is 0.104. The van der Waals surface area contributed by atoms with Crippen molar-refractivity contribution in [1.82, 2.24) is 0 Å². The van der Waals surface area contributed by atoms with Crippen LogP contribution < -0.4 is 10.1 Å². The first kappa shape index (κ1) is 15.1. The number of para-hydroxylation sites is 1. The molecule has 0 radical (unpaired) electrons. The second-order valence-electron chi connectivity index (χ2n) is 5.11. The number of carbonyl (C=O) groups excluding carboxylic acids is 1. The van der Waals surface area contributed by atoms with E-state index in [2.05, 4.69) is 5.32 Å². The zero-order valence-electron chi connectivity index (χ0n) is 12.7. The van der Waals surface area contributed by atoms with Gasteiger partial charge in [0.05, 0.1) is 7.11 Å². The van der Waals surface area contributed by atoms with Gasteiger partial charge in [-0.3, -0.25) is 4.79 Å². The molecule has 2 aromatic carbocycles. The quantitative estimate of drug-likeness (QED) is 0.759. The highest BCUT2D eigenvalue weighted by molar-refractivity contribution is 6.05. The minimum Gasteiger partial charge on any atom is -0.493 e. The predicted molar refractivity (Wildman–Crippen MR) is 88.0 cm³/mol. The summed E-state index contributed by atoms with van der Waals surface area (Å²) in [7, 11) is 1.56. The summed E-state index contributed by atoms with van der Waals surface area (Å²) in [6.45, 7) is 0.104. The first-order valence-electron chi connectivity index (χ1n) is 7.29. The number of rotatable bonds is 5. The third-order valence-corrected chi connectivity index (χ3v) is 3.56. The highest BCUT2D eigenvalue weighted by Crippen LogP contribution is 2.28. The predicted octanol–water partition coefficient (Wildman–Crippen LogP) is 3.23. The molecular weight excluding hydrogens is 294 g/mol. The van der Waals surface area contributed by atoms with Crippen LogP contribution in [0.4, 0.5) is 5.69 Å². The first-order valence-corrected chi connectivity index (χ1v) is 7.29. The summed E-state index contributed by atoms with van der Waals surface area (Å²) in [6.07, 6.45) is 0.595. The molecule has 3 rings (SSSR count). The van der Waals surface area contributed by atoms with Gasteiger partial charge in [-0.15, -0.1) is 0 Å². The van der Waals surface area contributed by atoms with Crippen molar-refractivity contribution in [3.8, 4) is 5.75 Å². The van der Waals surface area contributed by atoms with Gasteiger partial charge in [-0.25, -0.2) is 0 Å². The van der Waals surface area contributed by atoms with Crippen molar-refractivity contribution in [2.45, 2.75) is 6.42 Å². The molecule has 23 heavy (non-hydrogen) atoms. The topological polar surface area (TPSA) is 71.7 Å². The van der Waals surface area contributed by atoms with E-state index in [1.165, 1.54) is 0 Å². The van der Waals surface area contributed by atoms with Crippen LogP contribution in [0.5, 0.6) is 5.75 Å². The number of anilines is 1. The lowest BCUT2D eigenvalue weighted by atomic mass is 10.1. The molecule has 3 aromatic rings. The highest BCUT2D eigenvalue weighted by Gasteiger charge is 2.14. The number of ether oxygens (including phenoxy) is 1. The number of furan rings is 1. The summed E-state index contributed by atoms with van der Waals surface area (Å²) in [5.41, 5.74) is 2.24. The SMILES string of the molecule is COc1cccc2cc(C(=O)Nc3ccc(CCO)cc3)oc12. The highest BCUT2D eigenvalue weighted by atomic mass is 16.5. The van der Waals surface area contributed by atoms with Crippen molar-refractivity contribution in [1.29, 1.82) is 0 Å². The van der Waals surface area contributed by atoms with Crippen LogP contribution in [-0.2, 0) is 6.42 Å². The fourth-order valence-corrected chi connectivity index (χ4v) is 2.39. The van der Waals surface area contributed by atoms with Crippen LogP contribution in [0.2, 0.25) is 0 Å². The number of amides is 1. The van der Waals surface area contributed by atoms with Crippen LogP contribution >= 0.6 is 0 Å². The van der Waals surface area contributed by atoms with Crippen LogP contribution in [0.25, 0.3) is 11.0 Å². The molecule has 0 unspecified atom stereocenters. The maximum Gasteiger partial charge on any atom is 0.291 e. The Hall–Kier alpha value is -2.79. The van der Waals surface area contributed by atoms with E-state index >= 15 is 0 Å². The zero-order chi connectivity index (χ0) is 16.2. The molecule has 0 atom stereocenters. The molecule has 5 nitrogen and oxygen atoms in total. The summed E-state index contributed by atoms with van der Waals surface area (Å²) in [5, 5.41) is 12.5. The number of methoxy groups -OCH3 is 1. The second kappa shape index (κ2) is 6.54. The molecular formula is C18H17NO4. The fraction of sp³-hybridized carbons (Fsp3) is 0.167. The first-order chi connectivity index (χ1) is 11.2. The summed E-state index contributed by atoms with van der Waals surface area (Å²) in [6, 6.07) is 14.5. The summed E-state index contributed by atoms with van der Waals surface area (Å²) in [4.78, 5) is 12.3. The number of hydrogen-bond acceptors (Lipinski definition) is 4. The lowest BCUT2D eigenvalue weighted by Gasteiger charge is -2.04. The Bertz CT molecular complexity index is 821. The van der Waals surface area contributed by atoms with Crippen molar-refractivity contribution in [3.63, 3.8) is 0 Å². The van der Waals surface area contributed by atoms with Gasteiger partial charge in [-0.1, -0.05) is 24.3 Å². The van der Waals surface area contributed by atoms with Crippen LogP contribution in [-0.4, -0.2) is 24.7 Å². The summed E-state index contributed by atoms with van der Waals surface area (Å²) < 4.78 is 10.8. The zero-order valence-corrected chi connectivity index (χ0v) is 12.7. The van der Waals surface area contributed by atoms with Gasteiger partial charge in [0.25, 0.3) is 5.91 Å². The molecule has 0 spiro atoms. The van der Waals surface area contributed by atoms with E-state index in [1.807, 2.05) is 24.3 Å². The van der Waals surface area contributed by atoms with E-state index in [0.717, 1.165) is 10.9 Å². The van der Waals surface area contributed by atoms with E-state index in [0.29, 0.717) is 23.4 Å². The van der Waals surface area contributed by atoms with E-state index in [9.17, 15) is 4.79 Å². The van der Waals surface area contributed by atoms with Gasteiger partial charge >= 0.3 is 0 Å². The lowest BCUT2D eigenvalue weighted by molar-refractivity contribution is 0.0998. The Morgan fingerprint density at radius 3 is 2.70 bits per heavy atom. The number of aliphatic hydroxyl groups is 1. The Morgan fingerprint density at radius 2 is 2.00 bits per heavy atom. The number of hydrogen-bond donors (Lipinski definition) is 2. The Labute approximate surface area is 133 Å². The van der Waals surface area contributed by atoms with Crippen molar-refractivity contribution in [3.05, 3.63) is 59.9 Å². The molecule has 118 valence electrons. The van der Waals surface area contributed by atoms with Crippen LogP contribution in [0, 0.1) is 0 Å². The van der Waals surface area contributed by atoms with Crippen molar-refractivity contribution < 1.29 is 19.1 Å². The van der Waals surface area contributed by atoms with Gasteiger partial charge in [0, 0.05) is 17.7 Å². The lowest BCUT2D eigenvalue weighted by Crippen LogP contribution is -2.10. The Kier molecular flexibility index (Phi) is 4.30. The van der Waals surface area contributed by atoms with Crippen molar-refractivity contribution >= 4 is 22.6 Å². The number of aliphatic hydroxyl groups excluding tert-OH is 1. The molecule has 0 aliphatic rings. The molecule has 0 saturated carbocycles. The third kappa shape index (κ3) is 3.19. The summed E-state index contributed by atoms with van der Waals surface area (Å²) >= 11 is 0. The molecule has 1 heterocycles. The molecule has 1 amide bonds. The average Bonchev–Trinajstić information content (AvgIpc) is 3.01. The smallest absolute Gasteiger partial charge is 0.291 e. The number of fused-ring (bicyclic) bond motifs is 1. The van der Waals surface area contributed by atoms with E-state index in [4.69, 9.17) is 14.3 Å². The van der Waals surface area contributed by atoms with Crippen LogP contribution in [0.3, 0.4) is 0 Å². The van der Waals surface area contributed by atoms with E-state index in [1.54, 1.807) is 31.4 Å².